The van der Waals surface area contributed by atoms with Gasteiger partial charge in [-0.05, 0) is 37.1 Å². The quantitative estimate of drug-likeness (QED) is 0.840. The molecule has 1 aliphatic heterocycles. The molecular weight excluding hydrogens is 204 g/mol. The molecule has 1 saturated heterocycles. The van der Waals surface area contributed by atoms with Crippen LogP contribution in [0, 0.1) is 0 Å². The number of ether oxygens (including phenoxy) is 1. The van der Waals surface area contributed by atoms with Crippen molar-refractivity contribution >= 4 is 11.8 Å². The summed E-state index contributed by atoms with van der Waals surface area (Å²) in [5.74, 6) is 0. The van der Waals surface area contributed by atoms with Crippen LogP contribution in [0.2, 0.25) is 0 Å². The number of cyclic esters (lactones) is 1. The van der Waals surface area contributed by atoms with Crippen LogP contribution in [0.1, 0.15) is 12.0 Å². The molecule has 1 aromatic rings. The standard InChI is InChI=1S/C12H16N2O2/c13-7-6-10-2-4-11(5-3-10)14-8-1-9-16-12(14)15/h2-5H,1,6-9,13H2. The number of hydrogen-bond donors (Lipinski definition) is 1. The van der Waals surface area contributed by atoms with Crippen LogP contribution < -0.4 is 10.6 Å². The number of anilines is 1. The van der Waals surface area contributed by atoms with Crippen molar-refractivity contribution in [2.24, 2.45) is 5.73 Å². The lowest BCUT2D eigenvalue weighted by Crippen LogP contribution is -2.37. The summed E-state index contributed by atoms with van der Waals surface area (Å²) in [4.78, 5) is 13.2. The number of nitrogens with zero attached hydrogens (tertiary/aromatic N) is 1. The molecule has 2 N–H and O–H groups in total. The molecule has 0 aromatic heterocycles. The molecule has 2 rings (SSSR count). The minimum atomic E-state index is -0.252. The van der Waals surface area contributed by atoms with E-state index in [9.17, 15) is 4.79 Å². The summed E-state index contributed by atoms with van der Waals surface area (Å²) in [6, 6.07) is 7.89. The van der Waals surface area contributed by atoms with E-state index >= 15 is 0 Å². The first-order chi connectivity index (χ1) is 7.81. The molecule has 0 saturated carbocycles. The highest BCUT2D eigenvalue weighted by Gasteiger charge is 2.20. The van der Waals surface area contributed by atoms with Crippen LogP contribution in [-0.4, -0.2) is 25.8 Å². The number of benzene rings is 1. The number of carbonyl (C=O) groups excluding carboxylic acids is 1. The molecule has 4 heteroatoms. The highest BCUT2D eigenvalue weighted by Crippen LogP contribution is 2.19. The van der Waals surface area contributed by atoms with Crippen LogP contribution >= 0.6 is 0 Å². The first-order valence-corrected chi connectivity index (χ1v) is 5.54. The molecule has 1 heterocycles. The van der Waals surface area contributed by atoms with E-state index in [0.29, 0.717) is 13.2 Å². The Morgan fingerprint density at radius 3 is 2.69 bits per heavy atom. The number of nitrogens with two attached hydrogens (primary N) is 1. The molecule has 16 heavy (non-hydrogen) atoms. The van der Waals surface area contributed by atoms with Crippen LogP contribution in [0.3, 0.4) is 0 Å². The monoisotopic (exact) mass is 220 g/mol. The molecule has 1 amide bonds. The van der Waals surface area contributed by atoms with E-state index in [1.807, 2.05) is 24.3 Å². The predicted molar refractivity (Wildman–Crippen MR) is 62.5 cm³/mol. The Hall–Kier alpha value is -1.55. The molecule has 1 aliphatic rings. The highest BCUT2D eigenvalue weighted by atomic mass is 16.6. The van der Waals surface area contributed by atoms with Crippen molar-refractivity contribution in [2.45, 2.75) is 12.8 Å². The molecule has 0 radical (unpaired) electrons. The van der Waals surface area contributed by atoms with Gasteiger partial charge in [-0.15, -0.1) is 0 Å². The number of hydrogen-bond acceptors (Lipinski definition) is 3. The van der Waals surface area contributed by atoms with Crippen molar-refractivity contribution in [3.05, 3.63) is 29.8 Å². The van der Waals surface area contributed by atoms with Gasteiger partial charge in [-0.2, -0.15) is 0 Å². The van der Waals surface area contributed by atoms with Gasteiger partial charge in [0, 0.05) is 12.2 Å². The third-order valence-electron chi connectivity index (χ3n) is 2.65. The normalized spacial score (nSPS) is 16.1. The largest absolute Gasteiger partial charge is 0.449 e. The zero-order valence-electron chi connectivity index (χ0n) is 9.19. The van der Waals surface area contributed by atoms with Crippen molar-refractivity contribution in [1.29, 1.82) is 0 Å². The van der Waals surface area contributed by atoms with E-state index < -0.39 is 0 Å². The van der Waals surface area contributed by atoms with Gasteiger partial charge in [-0.1, -0.05) is 12.1 Å². The fourth-order valence-corrected chi connectivity index (χ4v) is 1.80. The minimum Gasteiger partial charge on any atom is -0.449 e. The third kappa shape index (κ3) is 2.33. The molecule has 1 fully saturated rings. The van der Waals surface area contributed by atoms with Crippen LogP contribution in [0.15, 0.2) is 24.3 Å². The second-order valence-electron chi connectivity index (χ2n) is 3.82. The zero-order valence-corrected chi connectivity index (χ0v) is 9.19. The smallest absolute Gasteiger partial charge is 0.414 e. The molecule has 4 nitrogen and oxygen atoms in total. The van der Waals surface area contributed by atoms with Crippen molar-refractivity contribution in [3.63, 3.8) is 0 Å². The summed E-state index contributed by atoms with van der Waals surface area (Å²) in [7, 11) is 0. The van der Waals surface area contributed by atoms with Crippen LogP contribution in [0.5, 0.6) is 0 Å². The summed E-state index contributed by atoms with van der Waals surface area (Å²) >= 11 is 0. The fourth-order valence-electron chi connectivity index (χ4n) is 1.80. The zero-order chi connectivity index (χ0) is 11.4. The first-order valence-electron chi connectivity index (χ1n) is 5.54. The van der Waals surface area contributed by atoms with Gasteiger partial charge in [-0.25, -0.2) is 4.79 Å². The van der Waals surface area contributed by atoms with E-state index in [-0.39, 0.29) is 6.09 Å². The van der Waals surface area contributed by atoms with Crippen LogP contribution in [-0.2, 0) is 11.2 Å². The number of amides is 1. The topological polar surface area (TPSA) is 55.6 Å². The lowest BCUT2D eigenvalue weighted by molar-refractivity contribution is 0.140. The lowest BCUT2D eigenvalue weighted by atomic mass is 10.1. The molecule has 1 aromatic carbocycles. The molecular formula is C12H16N2O2. The van der Waals surface area contributed by atoms with Crippen molar-refractivity contribution in [1.82, 2.24) is 0 Å². The lowest BCUT2D eigenvalue weighted by Gasteiger charge is -2.26. The fraction of sp³-hybridized carbons (Fsp3) is 0.417. The van der Waals surface area contributed by atoms with Crippen LogP contribution in [0.25, 0.3) is 0 Å². The van der Waals surface area contributed by atoms with Gasteiger partial charge >= 0.3 is 6.09 Å². The molecule has 86 valence electrons. The summed E-state index contributed by atoms with van der Waals surface area (Å²) in [5.41, 5.74) is 7.56. The number of carbonyl (C=O) groups is 1. The summed E-state index contributed by atoms with van der Waals surface area (Å²) in [5, 5.41) is 0. The van der Waals surface area contributed by atoms with Gasteiger partial charge in [0.15, 0.2) is 0 Å². The second-order valence-corrected chi connectivity index (χ2v) is 3.82. The molecule has 0 unspecified atom stereocenters. The summed E-state index contributed by atoms with van der Waals surface area (Å²) in [6.45, 7) is 1.90. The Labute approximate surface area is 95.0 Å². The van der Waals surface area contributed by atoms with Gasteiger partial charge in [-0.3, -0.25) is 4.90 Å². The van der Waals surface area contributed by atoms with Gasteiger partial charge < -0.3 is 10.5 Å². The van der Waals surface area contributed by atoms with E-state index in [2.05, 4.69) is 0 Å². The van der Waals surface area contributed by atoms with Gasteiger partial charge in [0.2, 0.25) is 0 Å². The maximum absolute atomic E-state index is 11.5. The van der Waals surface area contributed by atoms with Crippen molar-refractivity contribution in [3.8, 4) is 0 Å². The average Bonchev–Trinajstić information content (AvgIpc) is 2.31. The van der Waals surface area contributed by atoms with E-state index in [1.165, 1.54) is 5.56 Å². The Bertz CT molecular complexity index is 362. The Kier molecular flexibility index (Phi) is 3.41. The number of rotatable bonds is 3. The predicted octanol–water partition coefficient (Wildman–Crippen LogP) is 1.53. The van der Waals surface area contributed by atoms with E-state index in [0.717, 1.165) is 25.1 Å². The average molecular weight is 220 g/mol. The van der Waals surface area contributed by atoms with Crippen molar-refractivity contribution in [2.75, 3.05) is 24.6 Å². The maximum Gasteiger partial charge on any atom is 0.414 e. The summed E-state index contributed by atoms with van der Waals surface area (Å²) < 4.78 is 4.99. The van der Waals surface area contributed by atoms with Gasteiger partial charge in [0.25, 0.3) is 0 Å². The second kappa shape index (κ2) is 4.99. The Morgan fingerprint density at radius 1 is 1.31 bits per heavy atom. The summed E-state index contributed by atoms with van der Waals surface area (Å²) in [6.07, 6.45) is 1.50. The van der Waals surface area contributed by atoms with Crippen LogP contribution in [0.4, 0.5) is 10.5 Å². The van der Waals surface area contributed by atoms with E-state index in [4.69, 9.17) is 10.5 Å². The molecule has 0 bridgehead atoms. The Morgan fingerprint density at radius 2 is 2.06 bits per heavy atom. The van der Waals surface area contributed by atoms with Gasteiger partial charge in [0.05, 0.1) is 6.61 Å². The highest BCUT2D eigenvalue weighted by molar-refractivity contribution is 5.88. The maximum atomic E-state index is 11.5. The molecule has 0 atom stereocenters. The minimum absolute atomic E-state index is 0.252. The van der Waals surface area contributed by atoms with E-state index in [1.54, 1.807) is 4.90 Å². The molecule has 0 spiro atoms. The molecule has 0 aliphatic carbocycles. The third-order valence-corrected chi connectivity index (χ3v) is 2.65. The van der Waals surface area contributed by atoms with Crippen molar-refractivity contribution < 1.29 is 9.53 Å². The van der Waals surface area contributed by atoms with Gasteiger partial charge in [0.1, 0.15) is 0 Å². The SMILES string of the molecule is NCCc1ccc(N2CCCOC2=O)cc1. The Balaban J connectivity index is 2.11. The first kappa shape index (κ1) is 11.0.